The van der Waals surface area contributed by atoms with Crippen LogP contribution in [0.5, 0.6) is 0 Å². The third kappa shape index (κ3) is 1.44. The van der Waals surface area contributed by atoms with Gasteiger partial charge in [-0.25, -0.2) is 4.39 Å². The van der Waals surface area contributed by atoms with E-state index in [1.165, 1.54) is 25.0 Å². The van der Waals surface area contributed by atoms with Crippen molar-refractivity contribution in [1.82, 2.24) is 0 Å². The lowest BCUT2D eigenvalue weighted by molar-refractivity contribution is 0.318. The van der Waals surface area contributed by atoms with Crippen LogP contribution in [0.3, 0.4) is 0 Å². The molecule has 0 bridgehead atoms. The minimum atomic E-state index is -0.229. The van der Waals surface area contributed by atoms with Crippen LogP contribution in [-0.2, 0) is 0 Å². The Hall–Kier alpha value is -1.58. The van der Waals surface area contributed by atoms with Crippen LogP contribution in [-0.4, -0.2) is 18.0 Å². The summed E-state index contributed by atoms with van der Waals surface area (Å²) in [4.78, 5) is 6.47. The minimum Gasteiger partial charge on any atom is -0.369 e. The highest BCUT2D eigenvalue weighted by atomic mass is 19.1. The summed E-state index contributed by atoms with van der Waals surface area (Å²) in [6, 6.07) is 6.48. The van der Waals surface area contributed by atoms with E-state index in [2.05, 4.69) is 23.7 Å². The van der Waals surface area contributed by atoms with E-state index in [9.17, 15) is 4.39 Å². The first-order chi connectivity index (χ1) is 8.46. The second kappa shape index (κ2) is 3.46. The Kier molecular flexibility index (Phi) is 2.22. The normalized spacial score (nSPS) is 29.3. The number of rotatable bonds is 2. The lowest BCUT2D eigenvalue weighted by Gasteiger charge is -2.41. The summed E-state index contributed by atoms with van der Waals surface area (Å²) < 4.78 is 13.0. The molecule has 1 atom stereocenters. The molecule has 3 nitrogen and oxygen atoms in total. The zero-order valence-electron chi connectivity index (χ0n) is 10.8. The maximum Gasteiger partial charge on any atom is 0.196 e. The molecule has 0 saturated heterocycles. The summed E-state index contributed by atoms with van der Waals surface area (Å²) >= 11 is 0. The summed E-state index contributed by atoms with van der Waals surface area (Å²) in [7, 11) is 0. The standard InChI is InChI=1S/C14H18FN3/c1-13(7-8-13)14(2)9-17-12(16)18(14)11-5-3-10(15)4-6-11/h3-6H,7-9H2,1-2H3,(H2,16,17). The maximum atomic E-state index is 13.0. The quantitative estimate of drug-likeness (QED) is 0.872. The van der Waals surface area contributed by atoms with Crippen molar-refractivity contribution >= 4 is 11.6 Å². The topological polar surface area (TPSA) is 41.6 Å². The fourth-order valence-electron chi connectivity index (χ4n) is 2.82. The summed E-state index contributed by atoms with van der Waals surface area (Å²) in [6.45, 7) is 5.19. The first-order valence-electron chi connectivity index (χ1n) is 6.32. The van der Waals surface area contributed by atoms with E-state index in [-0.39, 0.29) is 16.8 Å². The number of anilines is 1. The van der Waals surface area contributed by atoms with Gasteiger partial charge in [-0.3, -0.25) is 4.99 Å². The van der Waals surface area contributed by atoms with Crippen LogP contribution in [0.15, 0.2) is 29.3 Å². The van der Waals surface area contributed by atoms with Gasteiger partial charge in [0.15, 0.2) is 5.96 Å². The molecule has 1 unspecified atom stereocenters. The molecule has 1 aromatic carbocycles. The highest BCUT2D eigenvalue weighted by Gasteiger charge is 2.58. The largest absolute Gasteiger partial charge is 0.369 e. The number of benzene rings is 1. The predicted octanol–water partition coefficient (Wildman–Crippen LogP) is 2.52. The van der Waals surface area contributed by atoms with E-state index >= 15 is 0 Å². The lowest BCUT2D eigenvalue weighted by atomic mass is 9.82. The van der Waals surface area contributed by atoms with Crippen molar-refractivity contribution in [3.8, 4) is 0 Å². The van der Waals surface area contributed by atoms with Crippen molar-refractivity contribution < 1.29 is 4.39 Å². The molecule has 0 aromatic heterocycles. The summed E-state index contributed by atoms with van der Waals surface area (Å²) in [5, 5.41) is 0. The smallest absolute Gasteiger partial charge is 0.196 e. The predicted molar refractivity (Wildman–Crippen MR) is 71.1 cm³/mol. The van der Waals surface area contributed by atoms with Crippen molar-refractivity contribution in [2.24, 2.45) is 16.1 Å². The Morgan fingerprint density at radius 1 is 1.22 bits per heavy atom. The summed E-state index contributed by atoms with van der Waals surface area (Å²) in [5.41, 5.74) is 7.12. The van der Waals surface area contributed by atoms with Gasteiger partial charge in [0, 0.05) is 5.69 Å². The van der Waals surface area contributed by atoms with Crippen LogP contribution in [0.2, 0.25) is 0 Å². The van der Waals surface area contributed by atoms with Gasteiger partial charge >= 0.3 is 0 Å². The fourth-order valence-corrected chi connectivity index (χ4v) is 2.82. The van der Waals surface area contributed by atoms with Gasteiger partial charge in [0.05, 0.1) is 12.1 Å². The van der Waals surface area contributed by atoms with E-state index in [1.807, 2.05) is 0 Å². The van der Waals surface area contributed by atoms with Gasteiger partial charge in [-0.05, 0) is 49.4 Å². The number of guanidine groups is 1. The van der Waals surface area contributed by atoms with Gasteiger partial charge in [0.1, 0.15) is 5.82 Å². The van der Waals surface area contributed by atoms with Crippen molar-refractivity contribution in [2.75, 3.05) is 11.4 Å². The molecule has 2 N–H and O–H groups in total. The van der Waals surface area contributed by atoms with E-state index in [0.717, 1.165) is 5.69 Å². The molecule has 1 saturated carbocycles. The highest BCUT2D eigenvalue weighted by Crippen LogP contribution is 2.57. The van der Waals surface area contributed by atoms with Crippen LogP contribution < -0.4 is 10.6 Å². The van der Waals surface area contributed by atoms with Crippen molar-refractivity contribution in [1.29, 1.82) is 0 Å². The van der Waals surface area contributed by atoms with Crippen LogP contribution in [0.4, 0.5) is 10.1 Å². The number of nitrogens with zero attached hydrogens (tertiary/aromatic N) is 2. The van der Waals surface area contributed by atoms with E-state index in [0.29, 0.717) is 12.5 Å². The van der Waals surface area contributed by atoms with E-state index < -0.39 is 0 Å². The van der Waals surface area contributed by atoms with Crippen LogP contribution in [0.25, 0.3) is 0 Å². The minimum absolute atomic E-state index is 0.0884. The molecule has 1 aromatic rings. The highest BCUT2D eigenvalue weighted by molar-refractivity contribution is 5.98. The molecule has 3 rings (SSSR count). The Labute approximate surface area is 106 Å². The molecule has 1 fully saturated rings. The molecular weight excluding hydrogens is 229 g/mol. The van der Waals surface area contributed by atoms with Crippen molar-refractivity contribution in [3.05, 3.63) is 30.1 Å². The number of nitrogens with two attached hydrogens (primary N) is 1. The molecule has 1 heterocycles. The van der Waals surface area contributed by atoms with E-state index in [4.69, 9.17) is 5.73 Å². The second-order valence-corrected chi connectivity index (χ2v) is 5.82. The average molecular weight is 247 g/mol. The van der Waals surface area contributed by atoms with Gasteiger partial charge < -0.3 is 10.6 Å². The molecule has 1 aliphatic carbocycles. The van der Waals surface area contributed by atoms with Gasteiger partial charge in [0.25, 0.3) is 0 Å². The van der Waals surface area contributed by atoms with Gasteiger partial charge in [-0.2, -0.15) is 0 Å². The number of halogens is 1. The molecule has 18 heavy (non-hydrogen) atoms. The second-order valence-electron chi connectivity index (χ2n) is 5.82. The molecule has 1 aliphatic heterocycles. The monoisotopic (exact) mass is 247 g/mol. The Morgan fingerprint density at radius 3 is 2.39 bits per heavy atom. The summed E-state index contributed by atoms with van der Waals surface area (Å²) in [5.74, 6) is 0.310. The SMILES string of the molecule is CC1(C2(C)CN=C(N)N2c2ccc(F)cc2)CC1. The Bertz CT molecular complexity index is 504. The van der Waals surface area contributed by atoms with Crippen molar-refractivity contribution in [2.45, 2.75) is 32.2 Å². The summed E-state index contributed by atoms with van der Waals surface area (Å²) in [6.07, 6.45) is 2.40. The Morgan fingerprint density at radius 2 is 1.83 bits per heavy atom. The molecule has 2 aliphatic rings. The number of aliphatic imine (C=N–C) groups is 1. The molecule has 0 amide bonds. The third-order valence-electron chi connectivity index (χ3n) is 4.66. The van der Waals surface area contributed by atoms with Crippen molar-refractivity contribution in [3.63, 3.8) is 0 Å². The van der Waals surface area contributed by atoms with E-state index in [1.54, 1.807) is 12.1 Å². The fraction of sp³-hybridized carbons (Fsp3) is 0.500. The molecule has 0 spiro atoms. The van der Waals surface area contributed by atoms with Gasteiger partial charge in [-0.15, -0.1) is 0 Å². The molecular formula is C14H18FN3. The molecule has 4 heteroatoms. The Balaban J connectivity index is 2.02. The lowest BCUT2D eigenvalue weighted by Crippen LogP contribution is -2.55. The average Bonchev–Trinajstić information content (AvgIpc) is 3.02. The first-order valence-corrected chi connectivity index (χ1v) is 6.32. The number of hydrogen-bond acceptors (Lipinski definition) is 3. The zero-order valence-corrected chi connectivity index (χ0v) is 10.8. The van der Waals surface area contributed by atoms with Crippen LogP contribution in [0.1, 0.15) is 26.7 Å². The molecule has 0 radical (unpaired) electrons. The van der Waals surface area contributed by atoms with Gasteiger partial charge in [-0.1, -0.05) is 6.92 Å². The third-order valence-corrected chi connectivity index (χ3v) is 4.66. The van der Waals surface area contributed by atoms with Crippen LogP contribution >= 0.6 is 0 Å². The number of hydrogen-bond donors (Lipinski definition) is 1. The zero-order chi connectivity index (χ0) is 13.0. The maximum absolute atomic E-state index is 13.0. The van der Waals surface area contributed by atoms with Gasteiger partial charge in [0.2, 0.25) is 0 Å². The van der Waals surface area contributed by atoms with Crippen LogP contribution in [0, 0.1) is 11.2 Å². The molecule has 96 valence electrons. The first kappa shape index (κ1) is 11.5.